The Morgan fingerprint density at radius 2 is 1.87 bits per heavy atom. The molecule has 0 fully saturated rings. The molecule has 0 radical (unpaired) electrons. The van der Waals surface area contributed by atoms with Crippen LogP contribution in [0.5, 0.6) is 0 Å². The van der Waals surface area contributed by atoms with Crippen LogP contribution in [0.4, 0.5) is 0 Å². The molecule has 0 aliphatic carbocycles. The predicted molar refractivity (Wildman–Crippen MR) is 65.4 cm³/mol. The van der Waals surface area contributed by atoms with Gasteiger partial charge in [-0.15, -0.1) is 0 Å². The highest BCUT2D eigenvalue weighted by molar-refractivity contribution is 5.96. The van der Waals surface area contributed by atoms with Crippen molar-refractivity contribution in [1.82, 2.24) is 4.90 Å². The molecule has 0 aliphatic heterocycles. The van der Waals surface area contributed by atoms with Gasteiger partial charge in [-0.05, 0) is 20.3 Å². The molecule has 0 saturated heterocycles. The van der Waals surface area contributed by atoms with Crippen molar-refractivity contribution >= 4 is 5.84 Å². The Balaban J connectivity index is 2.81. The molecule has 1 aromatic rings. The van der Waals surface area contributed by atoms with E-state index in [1.807, 2.05) is 30.3 Å². The number of rotatable bonds is 4. The Hall–Kier alpha value is -1.31. The van der Waals surface area contributed by atoms with E-state index in [1.165, 1.54) is 0 Å². The molecule has 0 heterocycles. The zero-order chi connectivity index (χ0) is 11.3. The highest BCUT2D eigenvalue weighted by atomic mass is 15.2. The average molecular weight is 204 g/mol. The summed E-state index contributed by atoms with van der Waals surface area (Å²) in [7, 11) is 0. The summed E-state index contributed by atoms with van der Waals surface area (Å²) < 4.78 is 0. The molecule has 1 aromatic carbocycles. The van der Waals surface area contributed by atoms with Gasteiger partial charge in [0.2, 0.25) is 0 Å². The van der Waals surface area contributed by atoms with E-state index in [0.29, 0.717) is 11.9 Å². The Bertz CT molecular complexity index is 304. The number of amidine groups is 1. The number of benzene rings is 1. The topological polar surface area (TPSA) is 27.1 Å². The third-order valence-electron chi connectivity index (χ3n) is 2.42. The maximum absolute atomic E-state index is 8.15. The molecule has 1 N–H and O–H groups in total. The fourth-order valence-electron chi connectivity index (χ4n) is 1.63. The minimum Gasteiger partial charge on any atom is -0.354 e. The van der Waals surface area contributed by atoms with Gasteiger partial charge in [0, 0.05) is 18.2 Å². The van der Waals surface area contributed by atoms with Crippen LogP contribution >= 0.6 is 0 Å². The second-order valence-corrected chi connectivity index (χ2v) is 4.00. The average Bonchev–Trinajstić information content (AvgIpc) is 2.26. The van der Waals surface area contributed by atoms with E-state index in [-0.39, 0.29) is 0 Å². The van der Waals surface area contributed by atoms with Crippen LogP contribution in [0.2, 0.25) is 0 Å². The zero-order valence-corrected chi connectivity index (χ0v) is 9.83. The summed E-state index contributed by atoms with van der Waals surface area (Å²) in [4.78, 5) is 2.13. The normalized spacial score (nSPS) is 10.4. The molecule has 1 rings (SSSR count). The number of nitrogens with zero attached hydrogens (tertiary/aromatic N) is 1. The van der Waals surface area contributed by atoms with Crippen molar-refractivity contribution in [2.24, 2.45) is 0 Å². The Morgan fingerprint density at radius 3 is 2.33 bits per heavy atom. The largest absolute Gasteiger partial charge is 0.354 e. The van der Waals surface area contributed by atoms with E-state index < -0.39 is 0 Å². The van der Waals surface area contributed by atoms with Crippen molar-refractivity contribution in [2.75, 3.05) is 6.54 Å². The van der Waals surface area contributed by atoms with E-state index in [2.05, 4.69) is 25.7 Å². The van der Waals surface area contributed by atoms with Gasteiger partial charge in [0.1, 0.15) is 5.84 Å². The lowest BCUT2D eigenvalue weighted by Gasteiger charge is -2.28. The van der Waals surface area contributed by atoms with Crippen LogP contribution in [-0.4, -0.2) is 23.3 Å². The van der Waals surface area contributed by atoms with Gasteiger partial charge in [-0.2, -0.15) is 0 Å². The monoisotopic (exact) mass is 204 g/mol. The fraction of sp³-hybridized carbons (Fsp3) is 0.462. The molecule has 0 spiro atoms. The maximum Gasteiger partial charge on any atom is 0.128 e. The lowest BCUT2D eigenvalue weighted by Crippen LogP contribution is -2.37. The summed E-state index contributed by atoms with van der Waals surface area (Å²) in [5, 5.41) is 8.15. The minimum atomic E-state index is 0.387. The minimum absolute atomic E-state index is 0.387. The molecule has 0 saturated carbocycles. The summed E-state index contributed by atoms with van der Waals surface area (Å²) >= 11 is 0. The summed E-state index contributed by atoms with van der Waals surface area (Å²) in [6, 6.07) is 10.3. The Kier molecular flexibility index (Phi) is 4.35. The molecule has 0 aromatic heterocycles. The van der Waals surface area contributed by atoms with E-state index in [4.69, 9.17) is 5.41 Å². The lowest BCUT2D eigenvalue weighted by atomic mass is 10.1. The van der Waals surface area contributed by atoms with Crippen LogP contribution in [0.3, 0.4) is 0 Å². The maximum atomic E-state index is 8.15. The summed E-state index contributed by atoms with van der Waals surface area (Å²) in [6.07, 6.45) is 1.08. The van der Waals surface area contributed by atoms with E-state index in [9.17, 15) is 0 Å². The number of hydrogen-bond acceptors (Lipinski definition) is 1. The van der Waals surface area contributed by atoms with E-state index >= 15 is 0 Å². The number of hydrogen-bond donors (Lipinski definition) is 1. The molecular weight excluding hydrogens is 184 g/mol. The first-order valence-electron chi connectivity index (χ1n) is 5.57. The van der Waals surface area contributed by atoms with Crippen molar-refractivity contribution in [3.63, 3.8) is 0 Å². The van der Waals surface area contributed by atoms with Crippen molar-refractivity contribution in [3.8, 4) is 0 Å². The summed E-state index contributed by atoms with van der Waals surface area (Å²) in [5.74, 6) is 0.632. The third kappa shape index (κ3) is 3.08. The summed E-state index contributed by atoms with van der Waals surface area (Å²) in [6.45, 7) is 7.36. The van der Waals surface area contributed by atoms with Gasteiger partial charge in [0.15, 0.2) is 0 Å². The van der Waals surface area contributed by atoms with E-state index in [0.717, 1.165) is 18.5 Å². The quantitative estimate of drug-likeness (QED) is 0.592. The molecule has 2 nitrogen and oxygen atoms in total. The number of nitrogens with one attached hydrogen (secondary N) is 1. The van der Waals surface area contributed by atoms with Crippen molar-refractivity contribution in [2.45, 2.75) is 33.2 Å². The Morgan fingerprint density at radius 1 is 1.27 bits per heavy atom. The van der Waals surface area contributed by atoms with Crippen molar-refractivity contribution in [3.05, 3.63) is 35.9 Å². The van der Waals surface area contributed by atoms with Crippen LogP contribution in [0.25, 0.3) is 0 Å². The van der Waals surface area contributed by atoms with Gasteiger partial charge >= 0.3 is 0 Å². The van der Waals surface area contributed by atoms with E-state index in [1.54, 1.807) is 0 Å². The van der Waals surface area contributed by atoms with Crippen LogP contribution < -0.4 is 0 Å². The van der Waals surface area contributed by atoms with Crippen LogP contribution in [0.15, 0.2) is 30.3 Å². The van der Waals surface area contributed by atoms with Crippen LogP contribution in [0.1, 0.15) is 32.8 Å². The highest BCUT2D eigenvalue weighted by Crippen LogP contribution is 2.08. The first-order chi connectivity index (χ1) is 7.16. The molecule has 0 aliphatic rings. The zero-order valence-electron chi connectivity index (χ0n) is 9.83. The highest BCUT2D eigenvalue weighted by Gasteiger charge is 2.13. The molecule has 15 heavy (non-hydrogen) atoms. The Labute approximate surface area is 92.4 Å². The fourth-order valence-corrected chi connectivity index (χ4v) is 1.63. The first-order valence-corrected chi connectivity index (χ1v) is 5.57. The van der Waals surface area contributed by atoms with Gasteiger partial charge < -0.3 is 4.90 Å². The van der Waals surface area contributed by atoms with Crippen LogP contribution in [0, 0.1) is 5.41 Å². The second-order valence-electron chi connectivity index (χ2n) is 4.00. The molecule has 0 bridgehead atoms. The summed E-state index contributed by atoms with van der Waals surface area (Å²) in [5.41, 5.74) is 1.000. The molecule has 82 valence electrons. The molecule has 0 amide bonds. The van der Waals surface area contributed by atoms with Gasteiger partial charge in [-0.3, -0.25) is 5.41 Å². The van der Waals surface area contributed by atoms with Crippen molar-refractivity contribution < 1.29 is 0 Å². The van der Waals surface area contributed by atoms with Gasteiger partial charge in [0.05, 0.1) is 0 Å². The lowest BCUT2D eigenvalue weighted by molar-refractivity contribution is 0.348. The molecular formula is C13H20N2. The van der Waals surface area contributed by atoms with Gasteiger partial charge in [0.25, 0.3) is 0 Å². The van der Waals surface area contributed by atoms with Crippen molar-refractivity contribution in [1.29, 1.82) is 5.41 Å². The molecule has 2 heteroatoms. The third-order valence-corrected chi connectivity index (χ3v) is 2.42. The van der Waals surface area contributed by atoms with Gasteiger partial charge in [-0.25, -0.2) is 0 Å². The van der Waals surface area contributed by atoms with Crippen LogP contribution in [-0.2, 0) is 0 Å². The standard InChI is InChI=1S/C13H20N2/c1-4-10-15(11(2)3)13(14)12-8-6-5-7-9-12/h5-9,11,14H,4,10H2,1-3H3. The smallest absolute Gasteiger partial charge is 0.128 e. The first kappa shape index (κ1) is 11.8. The SMILES string of the molecule is CCCN(C(=N)c1ccccc1)C(C)C. The predicted octanol–water partition coefficient (Wildman–Crippen LogP) is 3.13. The molecule has 0 atom stereocenters. The molecule has 0 unspecified atom stereocenters. The van der Waals surface area contributed by atoms with Gasteiger partial charge in [-0.1, -0.05) is 37.3 Å². The second kappa shape index (κ2) is 5.54.